The second-order valence-electron chi connectivity index (χ2n) is 4.38. The van der Waals surface area contributed by atoms with Gasteiger partial charge in [0.1, 0.15) is 16.4 Å². The molecule has 0 radical (unpaired) electrons. The van der Waals surface area contributed by atoms with E-state index in [-0.39, 0.29) is 22.0 Å². The third kappa shape index (κ3) is 3.08. The number of fused-ring (bicyclic) bond motifs is 1. The Morgan fingerprint density at radius 3 is 2.78 bits per heavy atom. The number of carbonyl (C=O) groups is 1. The first-order valence-electron chi connectivity index (χ1n) is 6.14. The summed E-state index contributed by atoms with van der Waals surface area (Å²) in [5.41, 5.74) is -0.00636. The number of carbonyl (C=O) groups excluding carboxylic acids is 1. The van der Waals surface area contributed by atoms with Crippen LogP contribution in [0.25, 0.3) is 10.3 Å². The average Bonchev–Trinajstić information content (AvgIpc) is 2.86. The van der Waals surface area contributed by atoms with Gasteiger partial charge in [0.15, 0.2) is 0 Å². The van der Waals surface area contributed by atoms with Crippen molar-refractivity contribution in [3.8, 4) is 5.75 Å². The fourth-order valence-corrected chi connectivity index (χ4v) is 2.74. The Balaban J connectivity index is 1.89. The van der Waals surface area contributed by atoms with Crippen LogP contribution in [-0.4, -0.2) is 10.9 Å². The van der Waals surface area contributed by atoms with E-state index >= 15 is 0 Å². The molecular formula is C14H6ClNO6S. The van der Waals surface area contributed by atoms with Gasteiger partial charge in [-0.15, -0.1) is 0 Å². The molecule has 0 fully saturated rings. The van der Waals surface area contributed by atoms with Crippen molar-refractivity contribution >= 4 is 44.9 Å². The third-order valence-electron chi connectivity index (χ3n) is 2.89. The number of nitro benzene ring substituents is 1. The molecular weight excluding hydrogens is 346 g/mol. The molecule has 116 valence electrons. The Labute approximate surface area is 136 Å². The number of esters is 1. The summed E-state index contributed by atoms with van der Waals surface area (Å²) < 4.78 is 10.6. The molecule has 1 heterocycles. The highest BCUT2D eigenvalue weighted by atomic mass is 35.5. The topological polar surface area (TPSA) is 99.7 Å². The molecule has 3 rings (SSSR count). The van der Waals surface area contributed by atoms with E-state index in [1.807, 2.05) is 0 Å². The zero-order valence-electron chi connectivity index (χ0n) is 11.1. The van der Waals surface area contributed by atoms with E-state index in [0.29, 0.717) is 10.3 Å². The van der Waals surface area contributed by atoms with Gasteiger partial charge in [0.2, 0.25) is 0 Å². The van der Waals surface area contributed by atoms with Crippen LogP contribution < -0.4 is 9.68 Å². The Hall–Kier alpha value is -2.71. The normalized spacial score (nSPS) is 10.7. The highest BCUT2D eigenvalue weighted by molar-refractivity contribution is 7.16. The van der Waals surface area contributed by atoms with Gasteiger partial charge in [0, 0.05) is 12.1 Å². The quantitative estimate of drug-likeness (QED) is 0.309. The van der Waals surface area contributed by atoms with E-state index in [4.69, 9.17) is 20.8 Å². The fourth-order valence-electron chi connectivity index (χ4n) is 1.86. The maximum atomic E-state index is 12.1. The molecule has 2 aromatic carbocycles. The molecule has 0 unspecified atom stereocenters. The summed E-state index contributed by atoms with van der Waals surface area (Å²) in [5.74, 6) is -0.586. The highest BCUT2D eigenvalue weighted by Gasteiger charge is 2.18. The van der Waals surface area contributed by atoms with Crippen LogP contribution in [-0.2, 0) is 0 Å². The smallest absolute Gasteiger partial charge is 0.396 e. The lowest BCUT2D eigenvalue weighted by Crippen LogP contribution is -2.08. The van der Waals surface area contributed by atoms with E-state index < -0.39 is 15.8 Å². The Bertz CT molecular complexity index is 992. The van der Waals surface area contributed by atoms with Crippen LogP contribution >= 0.6 is 22.9 Å². The van der Waals surface area contributed by atoms with Crippen LogP contribution in [0.5, 0.6) is 5.75 Å². The first-order valence-corrected chi connectivity index (χ1v) is 7.33. The number of rotatable bonds is 3. The molecule has 0 aliphatic heterocycles. The van der Waals surface area contributed by atoms with Crippen molar-refractivity contribution in [2.24, 2.45) is 0 Å². The van der Waals surface area contributed by atoms with Gasteiger partial charge >= 0.3 is 10.9 Å². The lowest BCUT2D eigenvalue weighted by molar-refractivity contribution is -0.384. The van der Waals surface area contributed by atoms with E-state index in [9.17, 15) is 19.7 Å². The maximum Gasteiger partial charge on any atom is 0.396 e. The van der Waals surface area contributed by atoms with Gasteiger partial charge in [-0.2, -0.15) is 0 Å². The van der Waals surface area contributed by atoms with Crippen LogP contribution in [0.4, 0.5) is 5.69 Å². The second-order valence-corrected chi connectivity index (χ2v) is 5.76. The number of halogens is 1. The predicted octanol–water partition coefficient (Wildman–Crippen LogP) is 3.64. The van der Waals surface area contributed by atoms with Crippen molar-refractivity contribution < 1.29 is 18.9 Å². The number of nitrogens with zero attached hydrogens (tertiary/aromatic N) is 1. The van der Waals surface area contributed by atoms with Crippen molar-refractivity contribution in [2.45, 2.75) is 0 Å². The first-order chi connectivity index (χ1) is 10.9. The van der Waals surface area contributed by atoms with Gasteiger partial charge in [0.05, 0.1) is 15.2 Å². The first kappa shape index (κ1) is 15.2. The van der Waals surface area contributed by atoms with Crippen LogP contribution in [0.2, 0.25) is 5.02 Å². The molecule has 0 saturated carbocycles. The van der Waals surface area contributed by atoms with E-state index in [2.05, 4.69) is 0 Å². The van der Waals surface area contributed by atoms with Gasteiger partial charge < -0.3 is 9.15 Å². The van der Waals surface area contributed by atoms with Gasteiger partial charge in [-0.25, -0.2) is 9.59 Å². The number of hydrogen-bond acceptors (Lipinski definition) is 7. The molecule has 23 heavy (non-hydrogen) atoms. The van der Waals surface area contributed by atoms with Gasteiger partial charge in [-0.1, -0.05) is 22.9 Å². The molecule has 7 nitrogen and oxygen atoms in total. The maximum absolute atomic E-state index is 12.1. The molecule has 1 aromatic heterocycles. The fraction of sp³-hybridized carbons (Fsp3) is 0. The van der Waals surface area contributed by atoms with Crippen molar-refractivity contribution in [2.75, 3.05) is 0 Å². The molecule has 0 bridgehead atoms. The summed E-state index contributed by atoms with van der Waals surface area (Å²) in [4.78, 5) is 32.9. The average molecular weight is 352 g/mol. The minimum absolute atomic E-state index is 0.0124. The summed E-state index contributed by atoms with van der Waals surface area (Å²) in [6.07, 6.45) is 0. The molecule has 0 aliphatic carbocycles. The summed E-state index contributed by atoms with van der Waals surface area (Å²) >= 11 is 6.57. The minimum atomic E-state index is -0.778. The van der Waals surface area contributed by atoms with E-state index in [0.717, 1.165) is 17.4 Å². The highest BCUT2D eigenvalue weighted by Crippen LogP contribution is 2.27. The van der Waals surface area contributed by atoms with Gasteiger partial charge in [-0.05, 0) is 24.3 Å². The standard InChI is InChI=1S/C14H6ClNO6S/c15-9-3-1-7(5-10(9)16(19)20)13(17)21-8-2-4-11-12(6-8)23-14(18)22-11/h1-6H. The lowest BCUT2D eigenvalue weighted by Gasteiger charge is -2.04. The summed E-state index contributed by atoms with van der Waals surface area (Å²) in [6.45, 7) is 0. The number of nitro groups is 1. The molecule has 3 aromatic rings. The van der Waals surface area contributed by atoms with E-state index in [1.165, 1.54) is 30.3 Å². The second kappa shape index (κ2) is 5.82. The van der Waals surface area contributed by atoms with Gasteiger partial charge in [-0.3, -0.25) is 10.1 Å². The molecule has 0 N–H and O–H groups in total. The molecule has 9 heteroatoms. The molecule has 0 atom stereocenters. The zero-order valence-corrected chi connectivity index (χ0v) is 12.7. The van der Waals surface area contributed by atoms with Crippen LogP contribution in [0.15, 0.2) is 45.6 Å². The van der Waals surface area contributed by atoms with Crippen molar-refractivity contribution in [1.82, 2.24) is 0 Å². The Morgan fingerprint density at radius 2 is 2.04 bits per heavy atom. The van der Waals surface area contributed by atoms with Crippen molar-refractivity contribution in [1.29, 1.82) is 0 Å². The summed E-state index contributed by atoms with van der Waals surface area (Å²) in [5, 5.41) is 10.8. The van der Waals surface area contributed by atoms with Crippen molar-refractivity contribution in [3.05, 3.63) is 66.8 Å². The molecule has 0 amide bonds. The number of hydrogen-bond donors (Lipinski definition) is 0. The predicted molar refractivity (Wildman–Crippen MR) is 83.4 cm³/mol. The largest absolute Gasteiger partial charge is 0.423 e. The molecule has 0 spiro atoms. The number of benzene rings is 2. The monoisotopic (exact) mass is 351 g/mol. The molecule has 0 aliphatic rings. The zero-order chi connectivity index (χ0) is 16.6. The Kier molecular flexibility index (Phi) is 3.85. The Morgan fingerprint density at radius 1 is 1.26 bits per heavy atom. The third-order valence-corrected chi connectivity index (χ3v) is 4.00. The van der Waals surface area contributed by atoms with Crippen LogP contribution in [0.1, 0.15) is 10.4 Å². The summed E-state index contributed by atoms with van der Waals surface area (Å²) in [6, 6.07) is 8.06. The minimum Gasteiger partial charge on any atom is -0.423 e. The van der Waals surface area contributed by atoms with Crippen molar-refractivity contribution in [3.63, 3.8) is 0 Å². The SMILES string of the molecule is O=C(Oc1ccc2oc(=O)sc2c1)c1ccc(Cl)c([N+](=O)[O-])c1. The van der Waals surface area contributed by atoms with E-state index in [1.54, 1.807) is 0 Å². The lowest BCUT2D eigenvalue weighted by atomic mass is 10.2. The van der Waals surface area contributed by atoms with Crippen LogP contribution in [0, 0.1) is 10.1 Å². The van der Waals surface area contributed by atoms with Gasteiger partial charge in [0.25, 0.3) is 5.69 Å². The van der Waals surface area contributed by atoms with Crippen LogP contribution in [0.3, 0.4) is 0 Å². The summed E-state index contributed by atoms with van der Waals surface area (Å²) in [7, 11) is 0. The number of ether oxygens (including phenoxy) is 1. The molecule has 0 saturated heterocycles.